The van der Waals surface area contributed by atoms with Gasteiger partial charge in [0.1, 0.15) is 11.5 Å². The van der Waals surface area contributed by atoms with Crippen LogP contribution in [0.4, 0.5) is 0 Å². The number of nitrogens with zero attached hydrogens (tertiary/aromatic N) is 2. The van der Waals surface area contributed by atoms with Crippen molar-refractivity contribution in [1.29, 1.82) is 0 Å². The van der Waals surface area contributed by atoms with Crippen molar-refractivity contribution in [3.8, 4) is 11.5 Å². The maximum Gasteiger partial charge on any atom is 0.246 e. The summed E-state index contributed by atoms with van der Waals surface area (Å²) in [5.74, 6) is 1.12. The SMILES string of the molecule is COc1ccc(OC)c(/C=C/C(=O)N2CCN(S(=O)(=O)c3ccccc3)CC2)c1. The van der Waals surface area contributed by atoms with E-state index < -0.39 is 10.0 Å². The third kappa shape index (κ3) is 4.78. The number of sulfonamides is 1. The average Bonchev–Trinajstić information content (AvgIpc) is 2.77. The lowest BCUT2D eigenvalue weighted by Crippen LogP contribution is -2.50. The predicted molar refractivity (Wildman–Crippen MR) is 110 cm³/mol. The average molecular weight is 416 g/mol. The highest BCUT2D eigenvalue weighted by molar-refractivity contribution is 7.89. The van der Waals surface area contributed by atoms with E-state index in [1.54, 1.807) is 73.7 Å². The van der Waals surface area contributed by atoms with E-state index in [-0.39, 0.29) is 23.9 Å². The highest BCUT2D eigenvalue weighted by Gasteiger charge is 2.29. The first-order valence-electron chi connectivity index (χ1n) is 9.20. The van der Waals surface area contributed by atoms with E-state index in [2.05, 4.69) is 0 Å². The second-order valence-corrected chi connectivity index (χ2v) is 8.42. The molecule has 1 aliphatic rings. The van der Waals surface area contributed by atoms with Crippen molar-refractivity contribution in [3.05, 3.63) is 60.2 Å². The van der Waals surface area contributed by atoms with E-state index in [0.717, 1.165) is 5.56 Å². The first-order valence-corrected chi connectivity index (χ1v) is 10.6. The van der Waals surface area contributed by atoms with Crippen LogP contribution in [0.1, 0.15) is 5.56 Å². The van der Waals surface area contributed by atoms with E-state index in [0.29, 0.717) is 24.6 Å². The first kappa shape index (κ1) is 20.9. The van der Waals surface area contributed by atoms with Gasteiger partial charge < -0.3 is 14.4 Å². The number of carbonyl (C=O) groups is 1. The quantitative estimate of drug-likeness (QED) is 0.675. The van der Waals surface area contributed by atoms with Crippen molar-refractivity contribution >= 4 is 22.0 Å². The largest absolute Gasteiger partial charge is 0.497 e. The molecule has 3 rings (SSSR count). The van der Waals surface area contributed by atoms with Crippen LogP contribution in [0, 0.1) is 0 Å². The number of hydrogen-bond donors (Lipinski definition) is 0. The van der Waals surface area contributed by atoms with Crippen LogP contribution in [-0.2, 0) is 14.8 Å². The maximum atomic E-state index is 12.7. The zero-order valence-electron chi connectivity index (χ0n) is 16.4. The normalized spacial score (nSPS) is 15.4. The van der Waals surface area contributed by atoms with Crippen LogP contribution >= 0.6 is 0 Å². The fraction of sp³-hybridized carbons (Fsp3) is 0.286. The van der Waals surface area contributed by atoms with Crippen molar-refractivity contribution < 1.29 is 22.7 Å². The Morgan fingerprint density at radius 2 is 1.66 bits per heavy atom. The van der Waals surface area contributed by atoms with Gasteiger partial charge in [-0.15, -0.1) is 0 Å². The van der Waals surface area contributed by atoms with Crippen molar-refractivity contribution in [2.45, 2.75) is 4.90 Å². The van der Waals surface area contributed by atoms with Crippen LogP contribution in [-0.4, -0.2) is 63.9 Å². The molecular weight excluding hydrogens is 392 g/mol. The van der Waals surface area contributed by atoms with Gasteiger partial charge in [-0.2, -0.15) is 4.31 Å². The van der Waals surface area contributed by atoms with Crippen LogP contribution in [0.2, 0.25) is 0 Å². The number of methoxy groups -OCH3 is 2. The van der Waals surface area contributed by atoms with Crippen molar-refractivity contribution in [3.63, 3.8) is 0 Å². The van der Waals surface area contributed by atoms with Crippen LogP contribution in [0.3, 0.4) is 0 Å². The van der Waals surface area contributed by atoms with Crippen molar-refractivity contribution in [2.75, 3.05) is 40.4 Å². The van der Waals surface area contributed by atoms with Gasteiger partial charge in [-0.25, -0.2) is 8.42 Å². The molecule has 0 N–H and O–H groups in total. The Morgan fingerprint density at radius 1 is 0.966 bits per heavy atom. The number of ether oxygens (including phenoxy) is 2. The third-order valence-electron chi connectivity index (χ3n) is 4.77. The maximum absolute atomic E-state index is 12.7. The van der Waals surface area contributed by atoms with Gasteiger partial charge in [0.25, 0.3) is 0 Å². The highest BCUT2D eigenvalue weighted by Crippen LogP contribution is 2.25. The van der Waals surface area contributed by atoms with E-state index in [1.165, 1.54) is 10.4 Å². The fourth-order valence-electron chi connectivity index (χ4n) is 3.13. The number of rotatable bonds is 6. The van der Waals surface area contributed by atoms with Crippen molar-refractivity contribution in [1.82, 2.24) is 9.21 Å². The lowest BCUT2D eigenvalue weighted by atomic mass is 10.1. The van der Waals surface area contributed by atoms with Gasteiger partial charge in [0.15, 0.2) is 0 Å². The predicted octanol–water partition coefficient (Wildman–Crippen LogP) is 2.25. The van der Waals surface area contributed by atoms with Crippen LogP contribution < -0.4 is 9.47 Å². The zero-order valence-corrected chi connectivity index (χ0v) is 17.3. The van der Waals surface area contributed by atoms with Gasteiger partial charge in [0.2, 0.25) is 15.9 Å². The van der Waals surface area contributed by atoms with Gasteiger partial charge in [-0.05, 0) is 36.4 Å². The number of amides is 1. The minimum Gasteiger partial charge on any atom is -0.497 e. The first-order chi connectivity index (χ1) is 14.0. The molecule has 1 saturated heterocycles. The van der Waals surface area contributed by atoms with E-state index >= 15 is 0 Å². The number of carbonyl (C=O) groups excluding carboxylic acids is 1. The van der Waals surface area contributed by atoms with E-state index in [9.17, 15) is 13.2 Å². The molecule has 2 aromatic rings. The van der Waals surface area contributed by atoms with Gasteiger partial charge in [0, 0.05) is 37.8 Å². The van der Waals surface area contributed by atoms with Crippen LogP contribution in [0.5, 0.6) is 11.5 Å². The molecule has 2 aromatic carbocycles. The molecule has 0 saturated carbocycles. The Balaban J connectivity index is 1.64. The van der Waals surface area contributed by atoms with Gasteiger partial charge >= 0.3 is 0 Å². The minimum absolute atomic E-state index is 0.174. The molecule has 7 nitrogen and oxygen atoms in total. The summed E-state index contributed by atoms with van der Waals surface area (Å²) >= 11 is 0. The molecule has 0 spiro atoms. The fourth-order valence-corrected chi connectivity index (χ4v) is 4.57. The second-order valence-electron chi connectivity index (χ2n) is 6.48. The molecule has 0 atom stereocenters. The molecule has 1 aliphatic heterocycles. The molecule has 29 heavy (non-hydrogen) atoms. The molecule has 0 bridgehead atoms. The van der Waals surface area contributed by atoms with Crippen LogP contribution in [0.25, 0.3) is 6.08 Å². The van der Waals surface area contributed by atoms with E-state index in [1.807, 2.05) is 0 Å². The van der Waals surface area contributed by atoms with Crippen LogP contribution in [0.15, 0.2) is 59.5 Å². The minimum atomic E-state index is -3.54. The monoisotopic (exact) mass is 416 g/mol. The van der Waals surface area contributed by atoms with Gasteiger partial charge in [0.05, 0.1) is 19.1 Å². The molecule has 0 aromatic heterocycles. The standard InChI is InChI=1S/C21H24N2O5S/c1-27-18-9-10-20(28-2)17(16-18)8-11-21(24)22-12-14-23(15-13-22)29(25,26)19-6-4-3-5-7-19/h3-11,16H,12-15H2,1-2H3/b11-8+. The highest BCUT2D eigenvalue weighted by atomic mass is 32.2. The molecule has 8 heteroatoms. The Morgan fingerprint density at radius 3 is 2.28 bits per heavy atom. The smallest absolute Gasteiger partial charge is 0.246 e. The summed E-state index contributed by atoms with van der Waals surface area (Å²) in [6.45, 7) is 1.20. The molecule has 0 unspecified atom stereocenters. The molecule has 0 radical (unpaired) electrons. The summed E-state index contributed by atoms with van der Waals surface area (Å²) in [5, 5.41) is 0. The Labute approximate surface area is 171 Å². The molecular formula is C21H24N2O5S. The van der Waals surface area contributed by atoms with Gasteiger partial charge in [-0.3, -0.25) is 4.79 Å². The summed E-state index contributed by atoms with van der Waals surface area (Å²) in [6.07, 6.45) is 3.15. The molecule has 1 amide bonds. The second kappa shape index (κ2) is 9.11. The Hall–Kier alpha value is -2.84. The summed E-state index contributed by atoms with van der Waals surface area (Å²) in [7, 11) is -0.400. The molecule has 154 valence electrons. The molecule has 1 fully saturated rings. The number of piperazine rings is 1. The summed E-state index contributed by atoms with van der Waals surface area (Å²) in [4.78, 5) is 14.5. The van der Waals surface area contributed by atoms with Crippen molar-refractivity contribution in [2.24, 2.45) is 0 Å². The lowest BCUT2D eigenvalue weighted by molar-refractivity contribution is -0.127. The topological polar surface area (TPSA) is 76.2 Å². The van der Waals surface area contributed by atoms with E-state index in [4.69, 9.17) is 9.47 Å². The third-order valence-corrected chi connectivity index (χ3v) is 6.69. The van der Waals surface area contributed by atoms with Gasteiger partial charge in [-0.1, -0.05) is 18.2 Å². The Kier molecular flexibility index (Phi) is 6.56. The Bertz CT molecular complexity index is 981. The lowest BCUT2D eigenvalue weighted by Gasteiger charge is -2.33. The molecule has 0 aliphatic carbocycles. The summed E-state index contributed by atoms with van der Waals surface area (Å²) < 4.78 is 37.3. The summed E-state index contributed by atoms with van der Waals surface area (Å²) in [5.41, 5.74) is 0.727. The number of hydrogen-bond acceptors (Lipinski definition) is 5. The number of benzene rings is 2. The molecule has 1 heterocycles. The summed E-state index contributed by atoms with van der Waals surface area (Å²) in [6, 6.07) is 13.7. The zero-order chi connectivity index (χ0) is 20.9.